The number of hydrogen-bond acceptors (Lipinski definition) is 5. The van der Waals surface area contributed by atoms with Gasteiger partial charge in [0.15, 0.2) is 11.6 Å². The maximum atomic E-state index is 5.06. The van der Waals surface area contributed by atoms with E-state index in [9.17, 15) is 0 Å². The molecule has 0 bridgehead atoms. The average molecular weight is 1850 g/mol. The van der Waals surface area contributed by atoms with Gasteiger partial charge in [0, 0.05) is 89.9 Å². The van der Waals surface area contributed by atoms with Crippen molar-refractivity contribution in [3.63, 3.8) is 0 Å². The molecule has 0 saturated carbocycles. The SMILES string of the molecule is c1cc(-c2ccc(-c3cccc4ccccc34)cc2)cc(-c2ccnc(-n3c4ccccc4c4cc5ccccc5cc43)c2)c1.c1ccc(-c2ccc(-c3cccc(-c4ccnc(-c5ccc(-n6c7ccccc7c7ccc8ccccc8c76)cc5)n4)c3)cc2)cc1.c1ccc(-c2ccc(-c3ccccc3-c3ccnc(-c4ccc(-c5ccc(-n6c7ccccc7c7c8ccccc8ccc76)cc5)cc4)n3)cc2)cc1. The summed E-state index contributed by atoms with van der Waals surface area (Å²) in [4.78, 5) is 24.3. The molecule has 0 amide bonds. The topological polar surface area (TPSA) is 79.2 Å². The van der Waals surface area contributed by atoms with Crippen molar-refractivity contribution in [2.75, 3.05) is 0 Å². The van der Waals surface area contributed by atoms with Crippen LogP contribution >= 0.6 is 0 Å². The van der Waals surface area contributed by atoms with Gasteiger partial charge >= 0.3 is 0 Å². The molecule has 28 rings (SSSR count). The number of hydrogen-bond donors (Lipinski definition) is 0. The molecule has 145 heavy (non-hydrogen) atoms. The van der Waals surface area contributed by atoms with Crippen LogP contribution < -0.4 is 0 Å². The van der Waals surface area contributed by atoms with Gasteiger partial charge in [0.2, 0.25) is 0 Å². The number of aromatic nitrogens is 8. The number of fused-ring (bicyclic) bond motifs is 15. The first-order valence-electron chi connectivity index (χ1n) is 49.3. The zero-order chi connectivity index (χ0) is 96.0. The van der Waals surface area contributed by atoms with E-state index in [2.05, 4.69) is 527 Å². The van der Waals surface area contributed by atoms with E-state index < -0.39 is 0 Å². The van der Waals surface area contributed by atoms with Crippen LogP contribution in [0.3, 0.4) is 0 Å². The quantitative estimate of drug-likeness (QED) is 0.102. The molecule has 0 N–H and O–H groups in total. The zero-order valence-electron chi connectivity index (χ0n) is 79.0. The summed E-state index contributed by atoms with van der Waals surface area (Å²) in [5, 5.41) is 17.6. The van der Waals surface area contributed by atoms with Crippen LogP contribution in [0.4, 0.5) is 0 Å². The molecule has 678 valence electrons. The van der Waals surface area contributed by atoms with Crippen molar-refractivity contribution in [2.45, 2.75) is 0 Å². The van der Waals surface area contributed by atoms with Crippen LogP contribution in [0.25, 0.3) is 260 Å². The second-order valence-corrected chi connectivity index (χ2v) is 36.9. The monoisotopic (exact) mass is 1850 g/mol. The summed E-state index contributed by atoms with van der Waals surface area (Å²) in [6.07, 6.45) is 5.64. The van der Waals surface area contributed by atoms with E-state index in [1.165, 1.54) is 159 Å². The van der Waals surface area contributed by atoms with E-state index in [0.29, 0.717) is 11.6 Å². The molecule has 8 heteroatoms. The Morgan fingerprint density at radius 2 is 0.517 bits per heavy atom. The van der Waals surface area contributed by atoms with E-state index in [4.69, 9.17) is 15.0 Å². The molecule has 0 unspecified atom stereocenters. The third kappa shape index (κ3) is 16.3. The molecule has 0 fully saturated rings. The van der Waals surface area contributed by atoms with Crippen LogP contribution in [-0.2, 0) is 0 Å². The van der Waals surface area contributed by atoms with Crippen LogP contribution in [0.1, 0.15) is 0 Å². The van der Waals surface area contributed by atoms with Gasteiger partial charge in [-0.3, -0.25) is 4.57 Å². The van der Waals surface area contributed by atoms with E-state index in [-0.39, 0.29) is 0 Å². The normalized spacial score (nSPS) is 11.4. The Labute approximate surface area is 839 Å². The lowest BCUT2D eigenvalue weighted by Crippen LogP contribution is -1.97. The molecule has 28 aromatic rings. The third-order valence-electron chi connectivity index (χ3n) is 28.4. The molecule has 22 aromatic carbocycles. The Balaban J connectivity index is 0.000000111. The highest BCUT2D eigenvalue weighted by Gasteiger charge is 2.22. The predicted molar refractivity (Wildman–Crippen MR) is 607 cm³/mol. The molecule has 0 aliphatic rings. The zero-order valence-corrected chi connectivity index (χ0v) is 79.0. The number of rotatable bonds is 15. The standard InChI is InChI=1S/C50H33N3.C44H29N3.C43H28N2/c1-2-10-34(11-3-1)35-18-22-39(23-19-35)42-13-6-7-15-44(42)46-32-33-51-50(52-46)40-24-20-36(21-25-40)37-26-29-41(30-27-37)53-47-17-9-8-16-45(47)49-43-14-5-4-12-38(43)28-31-48(49)53;1-2-9-30(10-3-1)31-17-19-32(20-18-31)35-12-8-13-36(29-35)41-27-28-45-44(46-41)34-21-24-37(25-22-34)47-42-16-7-6-15-39(42)40-26-23-33-11-4-5-14-38(33)43(40)47;1-2-11-35-27-42-40(26-34(35)10-1)39-16-5-6-18-41(39)45(42)43-28-36(23-24-44-43)33-14-7-13-32(25-33)29-19-21-31(22-20-29)38-17-8-12-30-9-3-4-15-37(30)38/h1-33H;1-29H;1-28H. The summed E-state index contributed by atoms with van der Waals surface area (Å²) in [5.74, 6) is 2.33. The minimum absolute atomic E-state index is 0.706. The van der Waals surface area contributed by atoms with Crippen LogP contribution in [0.5, 0.6) is 0 Å². The fourth-order valence-electron chi connectivity index (χ4n) is 21.3. The fourth-order valence-corrected chi connectivity index (χ4v) is 21.3. The van der Waals surface area contributed by atoms with E-state index in [1.54, 1.807) is 0 Å². The summed E-state index contributed by atoms with van der Waals surface area (Å²) in [6.45, 7) is 0. The fraction of sp³-hybridized carbons (Fsp3) is 0. The summed E-state index contributed by atoms with van der Waals surface area (Å²) >= 11 is 0. The first-order valence-corrected chi connectivity index (χ1v) is 49.3. The van der Waals surface area contributed by atoms with Crippen molar-refractivity contribution in [3.05, 3.63) is 546 Å². The van der Waals surface area contributed by atoms with Gasteiger partial charge in [-0.15, -0.1) is 0 Å². The van der Waals surface area contributed by atoms with E-state index >= 15 is 0 Å². The molecule has 0 aliphatic heterocycles. The predicted octanol–water partition coefficient (Wildman–Crippen LogP) is 35.9. The summed E-state index contributed by atoms with van der Waals surface area (Å²) in [6, 6.07) is 188. The van der Waals surface area contributed by atoms with Gasteiger partial charge in [-0.25, -0.2) is 24.9 Å². The van der Waals surface area contributed by atoms with Crippen LogP contribution in [-0.4, -0.2) is 38.6 Å². The summed E-state index contributed by atoms with van der Waals surface area (Å²) in [5.41, 5.74) is 34.3. The molecule has 0 saturated heterocycles. The van der Waals surface area contributed by atoms with Gasteiger partial charge in [-0.05, 0) is 236 Å². The van der Waals surface area contributed by atoms with Crippen molar-refractivity contribution in [2.24, 2.45) is 0 Å². The van der Waals surface area contributed by atoms with Gasteiger partial charge in [0.1, 0.15) is 5.82 Å². The maximum Gasteiger partial charge on any atom is 0.159 e. The number of pyridine rings is 1. The second-order valence-electron chi connectivity index (χ2n) is 36.9. The molecule has 0 radical (unpaired) electrons. The third-order valence-corrected chi connectivity index (χ3v) is 28.4. The molecule has 6 heterocycles. The Hall–Kier alpha value is -19.4. The summed E-state index contributed by atoms with van der Waals surface area (Å²) < 4.78 is 7.06. The van der Waals surface area contributed by atoms with Gasteiger partial charge in [0.25, 0.3) is 0 Å². The lowest BCUT2D eigenvalue weighted by molar-refractivity contribution is 1.08. The Bertz CT molecular complexity index is 9770. The van der Waals surface area contributed by atoms with E-state index in [0.717, 1.165) is 89.7 Å². The van der Waals surface area contributed by atoms with Crippen molar-refractivity contribution in [1.82, 2.24) is 38.6 Å². The van der Waals surface area contributed by atoms with Crippen molar-refractivity contribution in [3.8, 4) is 151 Å². The minimum Gasteiger partial charge on any atom is -0.309 e. The average Bonchev–Trinajstić information content (AvgIpc) is 1.61. The van der Waals surface area contributed by atoms with Crippen LogP contribution in [0.15, 0.2) is 546 Å². The Morgan fingerprint density at radius 1 is 0.152 bits per heavy atom. The van der Waals surface area contributed by atoms with E-state index in [1.807, 2.05) is 42.9 Å². The van der Waals surface area contributed by atoms with Crippen molar-refractivity contribution in [1.29, 1.82) is 0 Å². The Morgan fingerprint density at radius 3 is 1.13 bits per heavy atom. The highest BCUT2D eigenvalue weighted by molar-refractivity contribution is 6.22. The van der Waals surface area contributed by atoms with Crippen LogP contribution in [0, 0.1) is 0 Å². The first-order chi connectivity index (χ1) is 71.9. The van der Waals surface area contributed by atoms with Gasteiger partial charge in [-0.2, -0.15) is 0 Å². The molecule has 6 aromatic heterocycles. The van der Waals surface area contributed by atoms with Gasteiger partial charge < -0.3 is 9.13 Å². The molecule has 0 aliphatic carbocycles. The smallest absolute Gasteiger partial charge is 0.159 e. The molecule has 8 nitrogen and oxygen atoms in total. The molecular weight excluding hydrogens is 1760 g/mol. The number of para-hydroxylation sites is 3. The lowest BCUT2D eigenvalue weighted by Gasteiger charge is -2.12. The lowest BCUT2D eigenvalue weighted by atomic mass is 9.95. The summed E-state index contributed by atoms with van der Waals surface area (Å²) in [7, 11) is 0. The van der Waals surface area contributed by atoms with Crippen molar-refractivity contribution >= 4 is 109 Å². The van der Waals surface area contributed by atoms with Gasteiger partial charge in [0.05, 0.1) is 44.5 Å². The molecule has 0 atom stereocenters. The largest absolute Gasteiger partial charge is 0.309 e. The first kappa shape index (κ1) is 86.0. The van der Waals surface area contributed by atoms with Gasteiger partial charge in [-0.1, -0.05) is 419 Å². The minimum atomic E-state index is 0.706. The number of nitrogens with zero attached hydrogens (tertiary/aromatic N) is 8. The van der Waals surface area contributed by atoms with Crippen LogP contribution in [0.2, 0.25) is 0 Å². The highest BCUT2D eigenvalue weighted by atomic mass is 15.1. The molecule has 0 spiro atoms. The highest BCUT2D eigenvalue weighted by Crippen LogP contribution is 2.44. The molecular formula is C137H90N8. The van der Waals surface area contributed by atoms with Crippen molar-refractivity contribution < 1.29 is 0 Å². The second kappa shape index (κ2) is 37.4. The Kier molecular flexibility index (Phi) is 22.2. The number of benzene rings is 22. The maximum absolute atomic E-state index is 5.06.